The van der Waals surface area contributed by atoms with E-state index in [0.717, 1.165) is 12.8 Å². The van der Waals surface area contributed by atoms with Crippen LogP contribution in [0.25, 0.3) is 0 Å². The number of nitrogens with one attached hydrogen (secondary N) is 1. The highest BCUT2D eigenvalue weighted by molar-refractivity contribution is 5.81. The summed E-state index contributed by atoms with van der Waals surface area (Å²) >= 11 is 0. The first-order chi connectivity index (χ1) is 7.02. The first kappa shape index (κ1) is 12.0. The normalized spacial score (nSPS) is 25.7. The van der Waals surface area contributed by atoms with Crippen LogP contribution in [0.2, 0.25) is 0 Å². The van der Waals surface area contributed by atoms with Crippen molar-refractivity contribution in [3.05, 3.63) is 0 Å². The zero-order valence-electron chi connectivity index (χ0n) is 9.32. The molecule has 1 amide bonds. The molecule has 0 aromatic rings. The summed E-state index contributed by atoms with van der Waals surface area (Å²) < 4.78 is 0. The van der Waals surface area contributed by atoms with Crippen molar-refractivity contribution < 1.29 is 14.7 Å². The van der Waals surface area contributed by atoms with Crippen molar-refractivity contribution in [1.29, 1.82) is 0 Å². The van der Waals surface area contributed by atoms with Gasteiger partial charge in [0, 0.05) is 12.5 Å². The molecule has 3 unspecified atom stereocenters. The van der Waals surface area contributed by atoms with Gasteiger partial charge in [-0.05, 0) is 25.2 Å². The van der Waals surface area contributed by atoms with Crippen molar-refractivity contribution in [3.63, 3.8) is 0 Å². The number of aliphatic carboxylic acids is 1. The molecule has 2 N–H and O–H groups in total. The van der Waals surface area contributed by atoms with Crippen molar-refractivity contribution in [2.75, 3.05) is 6.54 Å². The SMILES string of the molecule is CC(CCCNC(=O)C1CC1C)C(=O)O. The molecule has 1 saturated carbocycles. The monoisotopic (exact) mass is 213 g/mol. The summed E-state index contributed by atoms with van der Waals surface area (Å²) in [6.45, 7) is 4.35. The number of hydrogen-bond acceptors (Lipinski definition) is 2. The van der Waals surface area contributed by atoms with Gasteiger partial charge in [0.05, 0.1) is 5.92 Å². The maximum Gasteiger partial charge on any atom is 0.306 e. The van der Waals surface area contributed by atoms with Gasteiger partial charge in [0.2, 0.25) is 5.91 Å². The number of carbonyl (C=O) groups excluding carboxylic acids is 1. The maximum atomic E-state index is 11.4. The molecule has 86 valence electrons. The molecule has 0 aromatic carbocycles. The Labute approximate surface area is 90.0 Å². The van der Waals surface area contributed by atoms with Gasteiger partial charge in [-0.2, -0.15) is 0 Å². The lowest BCUT2D eigenvalue weighted by Gasteiger charge is -2.06. The Kier molecular flexibility index (Phi) is 4.12. The van der Waals surface area contributed by atoms with Gasteiger partial charge in [-0.15, -0.1) is 0 Å². The summed E-state index contributed by atoms with van der Waals surface area (Å²) in [5.41, 5.74) is 0. The molecule has 0 saturated heterocycles. The number of carbonyl (C=O) groups is 2. The molecular weight excluding hydrogens is 194 g/mol. The Balaban J connectivity index is 2.02. The Hall–Kier alpha value is -1.06. The van der Waals surface area contributed by atoms with Gasteiger partial charge in [0.25, 0.3) is 0 Å². The molecule has 1 aliphatic carbocycles. The second kappa shape index (κ2) is 5.14. The van der Waals surface area contributed by atoms with Gasteiger partial charge in [-0.3, -0.25) is 9.59 Å². The fourth-order valence-electron chi connectivity index (χ4n) is 1.56. The lowest BCUT2D eigenvalue weighted by molar-refractivity contribution is -0.141. The highest BCUT2D eigenvalue weighted by Gasteiger charge is 2.38. The summed E-state index contributed by atoms with van der Waals surface area (Å²) in [7, 11) is 0. The molecule has 15 heavy (non-hydrogen) atoms. The molecule has 1 fully saturated rings. The predicted molar refractivity (Wildman–Crippen MR) is 56.3 cm³/mol. The zero-order chi connectivity index (χ0) is 11.4. The minimum atomic E-state index is -0.767. The third-order valence-electron chi connectivity index (χ3n) is 2.98. The van der Waals surface area contributed by atoms with Crippen LogP contribution in [0, 0.1) is 17.8 Å². The minimum absolute atomic E-state index is 0.130. The topological polar surface area (TPSA) is 66.4 Å². The maximum absolute atomic E-state index is 11.4. The highest BCUT2D eigenvalue weighted by atomic mass is 16.4. The van der Waals surface area contributed by atoms with E-state index in [0.29, 0.717) is 18.9 Å². The molecule has 1 aliphatic rings. The molecule has 0 heterocycles. The van der Waals surface area contributed by atoms with Gasteiger partial charge in [-0.1, -0.05) is 13.8 Å². The van der Waals surface area contributed by atoms with E-state index in [4.69, 9.17) is 5.11 Å². The number of carboxylic acid groups (broad SMARTS) is 1. The van der Waals surface area contributed by atoms with E-state index in [1.165, 1.54) is 0 Å². The highest BCUT2D eigenvalue weighted by Crippen LogP contribution is 2.37. The van der Waals surface area contributed by atoms with Crippen molar-refractivity contribution in [2.45, 2.75) is 33.1 Å². The molecule has 0 spiro atoms. The Morgan fingerprint density at radius 2 is 2.13 bits per heavy atom. The summed E-state index contributed by atoms with van der Waals surface area (Å²) in [4.78, 5) is 21.9. The minimum Gasteiger partial charge on any atom is -0.481 e. The van der Waals surface area contributed by atoms with Gasteiger partial charge >= 0.3 is 5.97 Å². The first-order valence-electron chi connectivity index (χ1n) is 5.53. The molecule has 0 aliphatic heterocycles. The van der Waals surface area contributed by atoms with Crippen molar-refractivity contribution in [3.8, 4) is 0 Å². The first-order valence-corrected chi connectivity index (χ1v) is 5.53. The Morgan fingerprint density at radius 3 is 2.60 bits per heavy atom. The van der Waals surface area contributed by atoms with Gasteiger partial charge < -0.3 is 10.4 Å². The largest absolute Gasteiger partial charge is 0.481 e. The molecule has 4 heteroatoms. The van der Waals surface area contributed by atoms with Crippen LogP contribution in [0.15, 0.2) is 0 Å². The lowest BCUT2D eigenvalue weighted by atomic mass is 10.1. The van der Waals surface area contributed by atoms with E-state index in [9.17, 15) is 9.59 Å². The van der Waals surface area contributed by atoms with Crippen LogP contribution in [0.4, 0.5) is 0 Å². The number of carboxylic acids is 1. The molecule has 4 nitrogen and oxygen atoms in total. The van der Waals surface area contributed by atoms with Crippen LogP contribution in [0.5, 0.6) is 0 Å². The fourth-order valence-corrected chi connectivity index (χ4v) is 1.56. The molecule has 3 atom stereocenters. The van der Waals surface area contributed by atoms with Crippen LogP contribution < -0.4 is 5.32 Å². The fraction of sp³-hybridized carbons (Fsp3) is 0.818. The van der Waals surface area contributed by atoms with E-state index >= 15 is 0 Å². The second-order valence-corrected chi connectivity index (χ2v) is 4.49. The van der Waals surface area contributed by atoms with Crippen LogP contribution in [0.3, 0.4) is 0 Å². The van der Waals surface area contributed by atoms with E-state index in [1.807, 2.05) is 0 Å². The third kappa shape index (κ3) is 3.90. The molecule has 1 rings (SSSR count). The van der Waals surface area contributed by atoms with E-state index in [2.05, 4.69) is 12.2 Å². The number of amides is 1. The lowest BCUT2D eigenvalue weighted by Crippen LogP contribution is -2.27. The smallest absolute Gasteiger partial charge is 0.306 e. The summed E-state index contributed by atoms with van der Waals surface area (Å²) in [5.74, 6) is -0.214. The van der Waals surface area contributed by atoms with Crippen LogP contribution in [0.1, 0.15) is 33.1 Å². The Bertz CT molecular complexity index is 252. The van der Waals surface area contributed by atoms with Crippen LogP contribution in [-0.2, 0) is 9.59 Å². The second-order valence-electron chi connectivity index (χ2n) is 4.49. The van der Waals surface area contributed by atoms with E-state index < -0.39 is 5.97 Å². The molecular formula is C11H19NO3. The van der Waals surface area contributed by atoms with Crippen molar-refractivity contribution in [2.24, 2.45) is 17.8 Å². The van der Waals surface area contributed by atoms with Crippen molar-refractivity contribution >= 4 is 11.9 Å². The molecule has 0 aromatic heterocycles. The quantitative estimate of drug-likeness (QED) is 0.653. The average molecular weight is 213 g/mol. The number of hydrogen-bond donors (Lipinski definition) is 2. The predicted octanol–water partition coefficient (Wildman–Crippen LogP) is 1.26. The van der Waals surface area contributed by atoms with Crippen LogP contribution >= 0.6 is 0 Å². The van der Waals surface area contributed by atoms with Gasteiger partial charge in [0.15, 0.2) is 0 Å². The van der Waals surface area contributed by atoms with Gasteiger partial charge in [0.1, 0.15) is 0 Å². The summed E-state index contributed by atoms with van der Waals surface area (Å²) in [6.07, 6.45) is 2.35. The third-order valence-corrected chi connectivity index (χ3v) is 2.98. The Morgan fingerprint density at radius 1 is 1.53 bits per heavy atom. The zero-order valence-corrected chi connectivity index (χ0v) is 9.32. The molecule has 0 bridgehead atoms. The van der Waals surface area contributed by atoms with E-state index in [-0.39, 0.29) is 17.7 Å². The van der Waals surface area contributed by atoms with Gasteiger partial charge in [-0.25, -0.2) is 0 Å². The summed E-state index contributed by atoms with van der Waals surface area (Å²) in [6, 6.07) is 0. The van der Waals surface area contributed by atoms with E-state index in [1.54, 1.807) is 6.92 Å². The van der Waals surface area contributed by atoms with Crippen molar-refractivity contribution in [1.82, 2.24) is 5.32 Å². The molecule has 0 radical (unpaired) electrons. The average Bonchev–Trinajstić information content (AvgIpc) is 2.89. The summed E-state index contributed by atoms with van der Waals surface area (Å²) in [5, 5.41) is 11.5. The van der Waals surface area contributed by atoms with Crippen LogP contribution in [-0.4, -0.2) is 23.5 Å². The number of rotatable bonds is 6. The standard InChI is InChI=1S/C11H19NO3/c1-7(11(14)15)4-3-5-12-10(13)9-6-8(9)2/h7-9H,3-6H2,1-2H3,(H,12,13)(H,14,15).